The Morgan fingerprint density at radius 1 is 1.00 bits per heavy atom. The van der Waals surface area contributed by atoms with Crippen molar-refractivity contribution in [3.8, 4) is 11.1 Å². The normalized spacial score (nSPS) is 13.3. The maximum Gasteiger partial charge on any atom is 0.411 e. The molecule has 0 saturated carbocycles. The van der Waals surface area contributed by atoms with E-state index in [0.717, 1.165) is 16.7 Å². The highest BCUT2D eigenvalue weighted by Gasteiger charge is 2.29. The molecule has 1 aliphatic rings. The third kappa shape index (κ3) is 3.66. The van der Waals surface area contributed by atoms with Gasteiger partial charge in [-0.1, -0.05) is 60.7 Å². The Labute approximate surface area is 175 Å². The molecule has 0 saturated heterocycles. The summed E-state index contributed by atoms with van der Waals surface area (Å²) >= 11 is 0. The van der Waals surface area contributed by atoms with E-state index in [2.05, 4.69) is 29.6 Å². The number of fused-ring (bicyclic) bond motifs is 3. The van der Waals surface area contributed by atoms with Crippen LogP contribution in [0.5, 0.6) is 0 Å². The smallest absolute Gasteiger partial charge is 0.411 e. The minimum Gasteiger partial charge on any atom is -0.481 e. The highest BCUT2D eigenvalue weighted by Crippen LogP contribution is 2.44. The number of amides is 1. The summed E-state index contributed by atoms with van der Waals surface area (Å²) in [6, 6.07) is 21.6. The van der Waals surface area contributed by atoms with Crippen LogP contribution in [0.2, 0.25) is 0 Å². The van der Waals surface area contributed by atoms with E-state index >= 15 is 0 Å². The van der Waals surface area contributed by atoms with Crippen molar-refractivity contribution in [2.24, 2.45) is 0 Å². The van der Waals surface area contributed by atoms with Crippen molar-refractivity contribution < 1.29 is 19.4 Å². The van der Waals surface area contributed by atoms with Gasteiger partial charge in [0.15, 0.2) is 0 Å². The van der Waals surface area contributed by atoms with Gasteiger partial charge in [0.05, 0.1) is 5.92 Å². The van der Waals surface area contributed by atoms with E-state index in [1.807, 2.05) is 31.2 Å². The predicted octanol–water partition coefficient (Wildman–Crippen LogP) is 5.54. The van der Waals surface area contributed by atoms with Crippen LogP contribution in [0, 0.1) is 6.92 Å². The molecule has 0 spiro atoms. The fourth-order valence-corrected chi connectivity index (χ4v) is 3.98. The summed E-state index contributed by atoms with van der Waals surface area (Å²) in [5, 5.41) is 11.9. The summed E-state index contributed by atoms with van der Waals surface area (Å²) < 4.78 is 5.57. The first-order chi connectivity index (χ1) is 14.5. The third-order valence-electron chi connectivity index (χ3n) is 5.70. The van der Waals surface area contributed by atoms with Gasteiger partial charge in [0, 0.05) is 11.6 Å². The quantitative estimate of drug-likeness (QED) is 0.588. The van der Waals surface area contributed by atoms with Crippen LogP contribution in [0.15, 0.2) is 66.7 Å². The first kappa shape index (κ1) is 19.7. The van der Waals surface area contributed by atoms with E-state index in [4.69, 9.17) is 9.84 Å². The van der Waals surface area contributed by atoms with Crippen molar-refractivity contribution in [3.05, 3.63) is 89.0 Å². The van der Waals surface area contributed by atoms with Crippen LogP contribution in [-0.4, -0.2) is 23.8 Å². The fourth-order valence-electron chi connectivity index (χ4n) is 3.98. The second-order valence-corrected chi connectivity index (χ2v) is 7.58. The van der Waals surface area contributed by atoms with Crippen LogP contribution in [0.3, 0.4) is 0 Å². The zero-order chi connectivity index (χ0) is 21.3. The molecule has 0 bridgehead atoms. The largest absolute Gasteiger partial charge is 0.481 e. The molecule has 1 amide bonds. The number of carboxylic acid groups (broad SMARTS) is 1. The zero-order valence-corrected chi connectivity index (χ0v) is 16.9. The van der Waals surface area contributed by atoms with Crippen molar-refractivity contribution in [1.82, 2.24) is 0 Å². The van der Waals surface area contributed by atoms with Crippen LogP contribution < -0.4 is 5.32 Å². The monoisotopic (exact) mass is 401 g/mol. The van der Waals surface area contributed by atoms with E-state index < -0.39 is 18.0 Å². The molecule has 0 fully saturated rings. The second kappa shape index (κ2) is 8.03. The van der Waals surface area contributed by atoms with Gasteiger partial charge < -0.3 is 9.84 Å². The lowest BCUT2D eigenvalue weighted by atomic mass is 9.98. The summed E-state index contributed by atoms with van der Waals surface area (Å²) in [6.07, 6.45) is -0.529. The summed E-state index contributed by atoms with van der Waals surface area (Å²) in [5.74, 6) is -1.48. The number of hydrogen-bond acceptors (Lipinski definition) is 3. The van der Waals surface area contributed by atoms with Crippen molar-refractivity contribution in [3.63, 3.8) is 0 Å². The molecule has 0 heterocycles. The lowest BCUT2D eigenvalue weighted by molar-refractivity contribution is -0.138. The molecule has 1 aliphatic carbocycles. The number of nitrogens with one attached hydrogen (secondary N) is 1. The second-order valence-electron chi connectivity index (χ2n) is 7.58. The number of benzene rings is 3. The Bertz CT molecular complexity index is 1080. The number of rotatable bonds is 5. The van der Waals surface area contributed by atoms with E-state index in [0.29, 0.717) is 11.3 Å². The average molecular weight is 401 g/mol. The van der Waals surface area contributed by atoms with Crippen molar-refractivity contribution in [1.29, 1.82) is 0 Å². The van der Waals surface area contributed by atoms with Crippen molar-refractivity contribution >= 4 is 17.7 Å². The van der Waals surface area contributed by atoms with Gasteiger partial charge >= 0.3 is 12.1 Å². The molecule has 0 radical (unpaired) electrons. The third-order valence-corrected chi connectivity index (χ3v) is 5.70. The van der Waals surface area contributed by atoms with E-state index in [9.17, 15) is 9.59 Å². The van der Waals surface area contributed by atoms with Gasteiger partial charge in [-0.15, -0.1) is 0 Å². The molecule has 5 nitrogen and oxygen atoms in total. The zero-order valence-electron chi connectivity index (χ0n) is 16.9. The van der Waals surface area contributed by atoms with Gasteiger partial charge in [0.25, 0.3) is 0 Å². The van der Waals surface area contributed by atoms with Gasteiger partial charge in [-0.05, 0) is 53.3 Å². The van der Waals surface area contributed by atoms with Crippen LogP contribution >= 0.6 is 0 Å². The predicted molar refractivity (Wildman–Crippen MR) is 116 cm³/mol. The molecule has 4 rings (SSSR count). The summed E-state index contributed by atoms with van der Waals surface area (Å²) in [4.78, 5) is 23.6. The molecular weight excluding hydrogens is 378 g/mol. The molecule has 1 atom stereocenters. The first-order valence-corrected chi connectivity index (χ1v) is 9.91. The minimum atomic E-state index is -0.883. The van der Waals surface area contributed by atoms with Gasteiger partial charge in [-0.3, -0.25) is 10.1 Å². The number of ether oxygens (including phenoxy) is 1. The highest BCUT2D eigenvalue weighted by atomic mass is 16.5. The Hall–Kier alpha value is -3.60. The SMILES string of the molecule is Cc1cc(C(C)C(=O)O)ccc1NC(=O)OCC1c2ccccc2-c2ccccc21. The topological polar surface area (TPSA) is 75.6 Å². The molecule has 2 N–H and O–H groups in total. The summed E-state index contributed by atoms with van der Waals surface area (Å²) in [7, 11) is 0. The Morgan fingerprint density at radius 2 is 1.60 bits per heavy atom. The number of anilines is 1. The molecule has 0 aliphatic heterocycles. The van der Waals surface area contributed by atoms with Crippen LogP contribution in [0.1, 0.15) is 41.0 Å². The molecule has 1 unspecified atom stereocenters. The average Bonchev–Trinajstić information content (AvgIpc) is 3.07. The number of carbonyl (C=O) groups is 2. The molecule has 152 valence electrons. The molecule has 0 aromatic heterocycles. The van der Waals surface area contributed by atoms with Gasteiger partial charge in [0.2, 0.25) is 0 Å². The number of carboxylic acids is 1. The molecule has 30 heavy (non-hydrogen) atoms. The summed E-state index contributed by atoms with van der Waals surface area (Å²) in [5.41, 5.74) is 6.77. The van der Waals surface area contributed by atoms with Crippen LogP contribution in [0.25, 0.3) is 11.1 Å². The van der Waals surface area contributed by atoms with Crippen LogP contribution in [-0.2, 0) is 9.53 Å². The minimum absolute atomic E-state index is 0.00281. The number of hydrogen-bond donors (Lipinski definition) is 2. The number of aryl methyl sites for hydroxylation is 1. The van der Waals surface area contributed by atoms with Gasteiger partial charge in [0.1, 0.15) is 6.61 Å². The van der Waals surface area contributed by atoms with Gasteiger partial charge in [-0.2, -0.15) is 0 Å². The first-order valence-electron chi connectivity index (χ1n) is 9.91. The summed E-state index contributed by atoms with van der Waals surface area (Å²) in [6.45, 7) is 3.71. The van der Waals surface area contributed by atoms with E-state index in [1.165, 1.54) is 11.1 Å². The van der Waals surface area contributed by atoms with E-state index in [1.54, 1.807) is 25.1 Å². The Balaban J connectivity index is 1.45. The van der Waals surface area contributed by atoms with Crippen molar-refractivity contribution in [2.75, 3.05) is 11.9 Å². The van der Waals surface area contributed by atoms with Gasteiger partial charge in [-0.25, -0.2) is 4.79 Å². The lowest BCUT2D eigenvalue weighted by Gasteiger charge is -2.16. The van der Waals surface area contributed by atoms with Crippen LogP contribution in [0.4, 0.5) is 10.5 Å². The molecular formula is C25H23NO4. The van der Waals surface area contributed by atoms with Crippen molar-refractivity contribution in [2.45, 2.75) is 25.7 Å². The Kier molecular flexibility index (Phi) is 5.27. The van der Waals surface area contributed by atoms with E-state index in [-0.39, 0.29) is 12.5 Å². The number of carbonyl (C=O) groups excluding carboxylic acids is 1. The fraction of sp³-hybridized carbons (Fsp3) is 0.200. The molecule has 5 heteroatoms. The lowest BCUT2D eigenvalue weighted by Crippen LogP contribution is -2.18. The Morgan fingerprint density at radius 3 is 2.17 bits per heavy atom. The number of aliphatic carboxylic acids is 1. The molecule has 3 aromatic rings. The molecule has 3 aromatic carbocycles. The highest BCUT2D eigenvalue weighted by molar-refractivity contribution is 5.86. The maximum atomic E-state index is 12.4. The standard InChI is InChI=1S/C25H23NO4/c1-15-13-17(16(2)24(27)28)11-12-23(15)26-25(29)30-14-22-20-9-5-3-7-18(20)19-8-4-6-10-21(19)22/h3-13,16,22H,14H2,1-2H3,(H,26,29)(H,27,28). The maximum absolute atomic E-state index is 12.4.